The molecule has 0 aromatic heterocycles. The van der Waals surface area contributed by atoms with Crippen LogP contribution in [-0.2, 0) is 4.79 Å². The summed E-state index contributed by atoms with van der Waals surface area (Å²) in [7, 11) is 0. The molecule has 2 unspecified atom stereocenters. The molecule has 2 fully saturated rings. The molecule has 0 aliphatic heterocycles. The van der Waals surface area contributed by atoms with Crippen molar-refractivity contribution in [2.24, 2.45) is 11.7 Å². The third-order valence-electron chi connectivity index (χ3n) is 5.05. The van der Waals surface area contributed by atoms with Crippen molar-refractivity contribution in [3.8, 4) is 0 Å². The molecule has 2 saturated carbocycles. The minimum atomic E-state index is -0.115. The smallest absolute Gasteiger partial charge is 0.224 e. The van der Waals surface area contributed by atoms with Crippen molar-refractivity contribution < 1.29 is 4.79 Å². The summed E-state index contributed by atoms with van der Waals surface area (Å²) in [5, 5.41) is 3.26. The molecule has 3 rings (SSSR count). The third kappa shape index (κ3) is 3.24. The summed E-state index contributed by atoms with van der Waals surface area (Å²) in [6, 6.07) is 8.40. The standard InChI is InChI=1S/C17H24N2O.ClH/c1-12-6-2-3-7-13(12)14-10-15(14)16(20)19-17(11-18)8-4-5-9-17;/h2-3,6-7,14-15H,4-5,8-11,18H2,1H3,(H,19,20);1H. The molecule has 21 heavy (non-hydrogen) atoms. The summed E-state index contributed by atoms with van der Waals surface area (Å²) in [4.78, 5) is 12.5. The molecule has 2 aliphatic rings. The summed E-state index contributed by atoms with van der Waals surface area (Å²) < 4.78 is 0. The highest BCUT2D eigenvalue weighted by Crippen LogP contribution is 2.49. The monoisotopic (exact) mass is 308 g/mol. The lowest BCUT2D eigenvalue weighted by Crippen LogP contribution is -2.52. The van der Waals surface area contributed by atoms with E-state index >= 15 is 0 Å². The molecule has 1 amide bonds. The fourth-order valence-electron chi connectivity index (χ4n) is 3.62. The predicted octanol–water partition coefficient (Wildman–Crippen LogP) is 2.91. The first-order chi connectivity index (χ1) is 9.65. The van der Waals surface area contributed by atoms with Gasteiger partial charge < -0.3 is 11.1 Å². The molecule has 4 heteroatoms. The average molecular weight is 309 g/mol. The van der Waals surface area contributed by atoms with E-state index in [4.69, 9.17) is 5.73 Å². The van der Waals surface area contributed by atoms with Gasteiger partial charge in [0.1, 0.15) is 0 Å². The minimum absolute atomic E-state index is 0. The Hall–Kier alpha value is -1.06. The second kappa shape index (κ2) is 6.37. The predicted molar refractivity (Wildman–Crippen MR) is 87.7 cm³/mol. The van der Waals surface area contributed by atoms with Gasteiger partial charge >= 0.3 is 0 Å². The van der Waals surface area contributed by atoms with Crippen LogP contribution in [0.2, 0.25) is 0 Å². The highest BCUT2D eigenvalue weighted by molar-refractivity contribution is 5.85. The topological polar surface area (TPSA) is 55.1 Å². The molecule has 0 bridgehead atoms. The lowest BCUT2D eigenvalue weighted by Gasteiger charge is -2.28. The Kier molecular flexibility index (Phi) is 4.95. The molecule has 2 atom stereocenters. The minimum Gasteiger partial charge on any atom is -0.349 e. The van der Waals surface area contributed by atoms with Crippen LogP contribution in [0.25, 0.3) is 0 Å². The van der Waals surface area contributed by atoms with E-state index in [1.165, 1.54) is 24.0 Å². The van der Waals surface area contributed by atoms with Gasteiger partial charge in [-0.15, -0.1) is 12.4 Å². The Labute approximate surface area is 133 Å². The van der Waals surface area contributed by atoms with Crippen LogP contribution >= 0.6 is 12.4 Å². The van der Waals surface area contributed by atoms with Gasteiger partial charge in [-0.05, 0) is 43.2 Å². The molecular weight excluding hydrogens is 284 g/mol. The maximum atomic E-state index is 12.5. The number of nitrogens with two attached hydrogens (primary N) is 1. The number of aryl methyl sites for hydroxylation is 1. The number of hydrogen-bond acceptors (Lipinski definition) is 2. The maximum absolute atomic E-state index is 12.5. The molecule has 1 aromatic carbocycles. The van der Waals surface area contributed by atoms with Gasteiger partial charge in [0, 0.05) is 12.5 Å². The molecule has 0 saturated heterocycles. The van der Waals surface area contributed by atoms with Crippen LogP contribution in [0, 0.1) is 12.8 Å². The molecule has 0 radical (unpaired) electrons. The van der Waals surface area contributed by atoms with Crippen LogP contribution in [0.5, 0.6) is 0 Å². The summed E-state index contributed by atoms with van der Waals surface area (Å²) in [5.41, 5.74) is 8.41. The van der Waals surface area contributed by atoms with E-state index in [0.717, 1.165) is 19.3 Å². The number of amides is 1. The van der Waals surface area contributed by atoms with Gasteiger partial charge in [0.25, 0.3) is 0 Å². The van der Waals surface area contributed by atoms with E-state index in [1.54, 1.807) is 0 Å². The summed E-state index contributed by atoms with van der Waals surface area (Å²) in [6.45, 7) is 2.70. The largest absolute Gasteiger partial charge is 0.349 e. The number of nitrogens with one attached hydrogen (secondary N) is 1. The number of carbonyl (C=O) groups excluding carboxylic acids is 1. The summed E-state index contributed by atoms with van der Waals surface area (Å²) in [6.07, 6.45) is 5.43. The van der Waals surface area contributed by atoms with Crippen LogP contribution in [0.15, 0.2) is 24.3 Å². The van der Waals surface area contributed by atoms with Gasteiger partial charge in [0.05, 0.1) is 5.54 Å². The van der Waals surface area contributed by atoms with Crippen molar-refractivity contribution in [3.05, 3.63) is 35.4 Å². The van der Waals surface area contributed by atoms with Crippen LogP contribution in [0.4, 0.5) is 0 Å². The number of hydrogen-bond donors (Lipinski definition) is 2. The zero-order valence-corrected chi connectivity index (χ0v) is 13.4. The Bertz CT molecular complexity index is 511. The first-order valence-corrected chi connectivity index (χ1v) is 7.73. The van der Waals surface area contributed by atoms with E-state index < -0.39 is 0 Å². The summed E-state index contributed by atoms with van der Waals surface area (Å²) >= 11 is 0. The fourth-order valence-corrected chi connectivity index (χ4v) is 3.62. The lowest BCUT2D eigenvalue weighted by atomic mass is 9.97. The zero-order chi connectivity index (χ0) is 14.2. The normalized spacial score (nSPS) is 26.0. The highest BCUT2D eigenvalue weighted by Gasteiger charge is 2.46. The van der Waals surface area contributed by atoms with E-state index in [9.17, 15) is 4.79 Å². The van der Waals surface area contributed by atoms with Gasteiger partial charge in [0.2, 0.25) is 5.91 Å². The van der Waals surface area contributed by atoms with Gasteiger partial charge in [-0.2, -0.15) is 0 Å². The lowest BCUT2D eigenvalue weighted by molar-refractivity contribution is -0.124. The van der Waals surface area contributed by atoms with Gasteiger partial charge in [-0.1, -0.05) is 37.1 Å². The molecule has 0 spiro atoms. The van der Waals surface area contributed by atoms with Crippen molar-refractivity contribution in [2.45, 2.75) is 50.5 Å². The zero-order valence-electron chi connectivity index (χ0n) is 12.6. The first kappa shape index (κ1) is 16.3. The Morgan fingerprint density at radius 1 is 1.33 bits per heavy atom. The molecule has 116 valence electrons. The van der Waals surface area contributed by atoms with Gasteiger partial charge in [-0.3, -0.25) is 4.79 Å². The third-order valence-corrected chi connectivity index (χ3v) is 5.05. The van der Waals surface area contributed by atoms with Crippen molar-refractivity contribution in [1.29, 1.82) is 0 Å². The molecule has 3 N–H and O–H groups in total. The number of carbonyl (C=O) groups is 1. The van der Waals surface area contributed by atoms with E-state index in [1.807, 2.05) is 0 Å². The fraction of sp³-hybridized carbons (Fsp3) is 0.588. The average Bonchev–Trinajstić information content (AvgIpc) is 3.12. The maximum Gasteiger partial charge on any atom is 0.224 e. The number of rotatable bonds is 4. The highest BCUT2D eigenvalue weighted by atomic mass is 35.5. The van der Waals surface area contributed by atoms with Crippen LogP contribution in [-0.4, -0.2) is 18.0 Å². The van der Waals surface area contributed by atoms with Crippen molar-refractivity contribution >= 4 is 18.3 Å². The van der Waals surface area contributed by atoms with Gasteiger partial charge in [0.15, 0.2) is 0 Å². The van der Waals surface area contributed by atoms with Gasteiger partial charge in [-0.25, -0.2) is 0 Å². The quantitative estimate of drug-likeness (QED) is 0.898. The number of benzene rings is 1. The van der Waals surface area contributed by atoms with Crippen LogP contribution in [0.1, 0.15) is 49.1 Å². The molecule has 0 heterocycles. The van der Waals surface area contributed by atoms with E-state index in [2.05, 4.69) is 36.5 Å². The molecule has 3 nitrogen and oxygen atoms in total. The first-order valence-electron chi connectivity index (χ1n) is 7.73. The molecule has 1 aromatic rings. The Morgan fingerprint density at radius 2 is 2.00 bits per heavy atom. The molecule has 2 aliphatic carbocycles. The summed E-state index contributed by atoms with van der Waals surface area (Å²) in [5.74, 6) is 0.776. The second-order valence-corrected chi connectivity index (χ2v) is 6.49. The Morgan fingerprint density at radius 3 is 2.62 bits per heavy atom. The van der Waals surface area contributed by atoms with Crippen molar-refractivity contribution in [3.63, 3.8) is 0 Å². The Balaban J connectivity index is 0.00000161. The van der Waals surface area contributed by atoms with Crippen molar-refractivity contribution in [2.75, 3.05) is 6.54 Å². The van der Waals surface area contributed by atoms with E-state index in [0.29, 0.717) is 12.5 Å². The van der Waals surface area contributed by atoms with Crippen LogP contribution < -0.4 is 11.1 Å². The van der Waals surface area contributed by atoms with Crippen molar-refractivity contribution in [1.82, 2.24) is 5.32 Å². The van der Waals surface area contributed by atoms with Crippen LogP contribution in [0.3, 0.4) is 0 Å². The number of halogens is 1. The van der Waals surface area contributed by atoms with E-state index in [-0.39, 0.29) is 29.8 Å². The SMILES string of the molecule is Cc1ccccc1C1CC1C(=O)NC1(CN)CCCC1.Cl. The molecular formula is C17H25ClN2O. The second-order valence-electron chi connectivity index (χ2n) is 6.49.